The average Bonchev–Trinajstić information content (AvgIpc) is 3.01. The van der Waals surface area contributed by atoms with E-state index in [9.17, 15) is 0 Å². The summed E-state index contributed by atoms with van der Waals surface area (Å²) < 4.78 is 1.13. The van der Waals surface area contributed by atoms with Gasteiger partial charge in [0.15, 0.2) is 0 Å². The van der Waals surface area contributed by atoms with Gasteiger partial charge in [0.05, 0.1) is 13.2 Å². The zero-order valence-electron chi connectivity index (χ0n) is 32.9. The largest absolute Gasteiger partial charge is 0.392 e. The number of allylic oxidation sites excluding steroid dienone is 9. The summed E-state index contributed by atoms with van der Waals surface area (Å²) in [6.45, 7) is 22.3. The third kappa shape index (κ3) is 35.4. The molecule has 3 heteroatoms. The number of aliphatic hydroxyl groups is 2. The summed E-state index contributed by atoms with van der Waals surface area (Å²) in [5.74, 6) is 1.71. The van der Waals surface area contributed by atoms with Gasteiger partial charge in [0.1, 0.15) is 0 Å². The van der Waals surface area contributed by atoms with Crippen molar-refractivity contribution in [3.8, 4) is 0 Å². The summed E-state index contributed by atoms with van der Waals surface area (Å²) in [6.07, 6.45) is 31.0. The van der Waals surface area contributed by atoms with Crippen LogP contribution in [0.15, 0.2) is 93.1 Å². The fourth-order valence-electron chi connectivity index (χ4n) is 5.07. The molecule has 0 aliphatic rings. The Hall–Kier alpha value is -1.94. The maximum Gasteiger partial charge on any atom is 0.0614 e. The minimum atomic E-state index is 0.162. The van der Waals surface area contributed by atoms with Crippen molar-refractivity contribution in [2.24, 2.45) is 11.8 Å². The van der Waals surface area contributed by atoms with E-state index in [-0.39, 0.29) is 13.2 Å². The molecule has 0 aliphatic carbocycles. The Bertz CT molecular complexity index is 1080. The molecule has 0 bridgehead atoms. The van der Waals surface area contributed by atoms with E-state index in [1.165, 1.54) is 78.4 Å². The van der Waals surface area contributed by atoms with Crippen molar-refractivity contribution < 1.29 is 10.2 Å². The second-order valence-electron chi connectivity index (χ2n) is 14.1. The third-order valence-electron chi connectivity index (χ3n) is 8.29. The summed E-state index contributed by atoms with van der Waals surface area (Å²) >= 11 is 3.39. The van der Waals surface area contributed by atoms with E-state index in [1.807, 2.05) is 12.2 Å². The molecule has 0 radical (unpaired) electrons. The zero-order chi connectivity index (χ0) is 36.6. The lowest BCUT2D eigenvalue weighted by atomic mass is 9.92. The Labute approximate surface area is 307 Å². The molecule has 1 rings (SSSR count). The lowest BCUT2D eigenvalue weighted by Gasteiger charge is -2.14. The molecule has 1 aromatic carbocycles. The topological polar surface area (TPSA) is 40.5 Å². The van der Waals surface area contributed by atoms with Crippen molar-refractivity contribution in [1.29, 1.82) is 0 Å². The van der Waals surface area contributed by atoms with E-state index >= 15 is 0 Å². The van der Waals surface area contributed by atoms with Gasteiger partial charge in [-0.25, -0.2) is 0 Å². The molecule has 2 atom stereocenters. The molecule has 0 fully saturated rings. The first-order chi connectivity index (χ1) is 22.8. The van der Waals surface area contributed by atoms with E-state index in [4.69, 9.17) is 10.2 Å². The fraction of sp³-hybridized carbons (Fsp3) is 0.600. The van der Waals surface area contributed by atoms with E-state index in [2.05, 4.69) is 140 Å². The standard InChI is InChI=1S/C20H38O.C15H26O.C10H11Br/c1-17(2)9-6-10-18(3)11-7-12-19(4)13-8-14-20(5)15-16-21;1-13(2)7-5-8-14(3)9-6-10-15(4)11-12-16;1-2-3-4-9-5-7-10(11)8-6-9/h9,15,18-19,21H,6-8,10-14,16H2,1-5H3;7,9,11,16H,5-6,8,10,12H2,1-4H3;3-8H,2H2,1H3/b20-15+;14-9+,15-11+;4-3+. The average molecular weight is 728 g/mol. The number of aliphatic hydroxyl groups excluding tert-OH is 2. The maximum atomic E-state index is 8.83. The van der Waals surface area contributed by atoms with Crippen molar-refractivity contribution in [2.75, 3.05) is 13.2 Å². The summed E-state index contributed by atoms with van der Waals surface area (Å²) in [5.41, 5.74) is 8.17. The molecule has 0 aromatic heterocycles. The number of rotatable bonds is 21. The molecule has 0 spiro atoms. The van der Waals surface area contributed by atoms with Gasteiger partial charge >= 0.3 is 0 Å². The van der Waals surface area contributed by atoms with Crippen molar-refractivity contribution in [3.63, 3.8) is 0 Å². The molecule has 2 N–H and O–H groups in total. The molecular formula is C45H75BrO2. The molecule has 2 unspecified atom stereocenters. The van der Waals surface area contributed by atoms with Crippen LogP contribution in [-0.2, 0) is 0 Å². The minimum absolute atomic E-state index is 0.162. The van der Waals surface area contributed by atoms with Gasteiger partial charge in [-0.05, 0) is 136 Å². The van der Waals surface area contributed by atoms with Gasteiger partial charge in [-0.1, -0.05) is 145 Å². The van der Waals surface area contributed by atoms with Gasteiger partial charge < -0.3 is 10.2 Å². The highest BCUT2D eigenvalue weighted by Gasteiger charge is 2.05. The third-order valence-corrected chi connectivity index (χ3v) is 8.82. The van der Waals surface area contributed by atoms with Crippen LogP contribution in [0.4, 0.5) is 0 Å². The lowest BCUT2D eigenvalue weighted by molar-refractivity contribution is 0.341. The van der Waals surface area contributed by atoms with Crippen LogP contribution in [0.1, 0.15) is 158 Å². The Kier molecular flexibility index (Phi) is 33.7. The van der Waals surface area contributed by atoms with Crippen molar-refractivity contribution in [2.45, 2.75) is 153 Å². The van der Waals surface area contributed by atoms with E-state index in [0.29, 0.717) is 0 Å². The summed E-state index contributed by atoms with van der Waals surface area (Å²) in [4.78, 5) is 0. The van der Waals surface area contributed by atoms with Crippen molar-refractivity contribution in [3.05, 3.63) is 98.6 Å². The highest BCUT2D eigenvalue weighted by Crippen LogP contribution is 2.21. The van der Waals surface area contributed by atoms with Crippen LogP contribution in [0.3, 0.4) is 0 Å². The van der Waals surface area contributed by atoms with Gasteiger partial charge in [-0.3, -0.25) is 0 Å². The Morgan fingerprint density at radius 3 is 1.58 bits per heavy atom. The first kappa shape index (κ1) is 48.2. The second-order valence-corrected chi connectivity index (χ2v) is 15.0. The molecule has 2 nitrogen and oxygen atoms in total. The number of halogens is 1. The van der Waals surface area contributed by atoms with Crippen LogP contribution in [0.2, 0.25) is 0 Å². The summed E-state index contributed by atoms with van der Waals surface area (Å²) in [5, 5.41) is 17.5. The fourth-order valence-corrected chi connectivity index (χ4v) is 5.33. The number of hydrogen-bond acceptors (Lipinski definition) is 2. The van der Waals surface area contributed by atoms with Gasteiger partial charge in [0.2, 0.25) is 0 Å². The van der Waals surface area contributed by atoms with Crippen LogP contribution in [0.25, 0.3) is 6.08 Å². The van der Waals surface area contributed by atoms with E-state index in [0.717, 1.165) is 54.8 Å². The molecule has 0 heterocycles. The van der Waals surface area contributed by atoms with Gasteiger partial charge in [-0.15, -0.1) is 0 Å². The second kappa shape index (κ2) is 33.6. The predicted molar refractivity (Wildman–Crippen MR) is 222 cm³/mol. The highest BCUT2D eigenvalue weighted by atomic mass is 79.9. The monoisotopic (exact) mass is 726 g/mol. The first-order valence-electron chi connectivity index (χ1n) is 18.7. The zero-order valence-corrected chi connectivity index (χ0v) is 34.5. The predicted octanol–water partition coefficient (Wildman–Crippen LogP) is 14.6. The van der Waals surface area contributed by atoms with Gasteiger partial charge in [-0.2, -0.15) is 0 Å². The quantitative estimate of drug-likeness (QED) is 0.124. The SMILES string of the molecule is CC(C)=CCC/C(C)=C/CC/C(C)=C/CO.CC(C)=CCCC(C)CCCC(C)CCC/C(C)=C/CO.CC/C=C/c1ccc(Br)cc1. The minimum Gasteiger partial charge on any atom is -0.392 e. The maximum absolute atomic E-state index is 8.83. The van der Waals surface area contributed by atoms with E-state index in [1.54, 1.807) is 0 Å². The van der Waals surface area contributed by atoms with Crippen LogP contribution < -0.4 is 0 Å². The highest BCUT2D eigenvalue weighted by molar-refractivity contribution is 9.10. The molecule has 48 heavy (non-hydrogen) atoms. The van der Waals surface area contributed by atoms with Crippen molar-refractivity contribution >= 4 is 22.0 Å². The molecule has 274 valence electrons. The number of benzene rings is 1. The summed E-state index contributed by atoms with van der Waals surface area (Å²) in [6, 6.07) is 8.29. The lowest BCUT2D eigenvalue weighted by Crippen LogP contribution is -1.99. The molecule has 0 amide bonds. The molecule has 1 aromatic rings. The molecule has 0 saturated heterocycles. The van der Waals surface area contributed by atoms with Crippen LogP contribution in [0, 0.1) is 11.8 Å². The molecule has 0 aliphatic heterocycles. The van der Waals surface area contributed by atoms with Crippen LogP contribution >= 0.6 is 15.9 Å². The Morgan fingerprint density at radius 2 is 1.06 bits per heavy atom. The van der Waals surface area contributed by atoms with Crippen molar-refractivity contribution in [1.82, 2.24) is 0 Å². The normalized spacial score (nSPS) is 13.2. The summed E-state index contributed by atoms with van der Waals surface area (Å²) in [7, 11) is 0. The first-order valence-corrected chi connectivity index (χ1v) is 19.5. The smallest absolute Gasteiger partial charge is 0.0614 e. The molecular weight excluding hydrogens is 652 g/mol. The Balaban J connectivity index is 0. The van der Waals surface area contributed by atoms with Gasteiger partial charge in [0.25, 0.3) is 0 Å². The van der Waals surface area contributed by atoms with Crippen LogP contribution in [-0.4, -0.2) is 23.4 Å². The van der Waals surface area contributed by atoms with E-state index < -0.39 is 0 Å². The van der Waals surface area contributed by atoms with Crippen LogP contribution in [0.5, 0.6) is 0 Å². The molecule has 0 saturated carbocycles. The van der Waals surface area contributed by atoms with Gasteiger partial charge in [0, 0.05) is 4.47 Å². The number of hydrogen-bond donors (Lipinski definition) is 2. The Morgan fingerprint density at radius 1 is 0.604 bits per heavy atom.